The molecule has 1 aromatic carbocycles. The first-order valence-corrected chi connectivity index (χ1v) is 9.94. The number of hydrogen-bond acceptors (Lipinski definition) is 4. The predicted molar refractivity (Wildman–Crippen MR) is 114 cm³/mol. The van der Waals surface area contributed by atoms with E-state index >= 15 is 0 Å². The molecule has 0 saturated carbocycles. The van der Waals surface area contributed by atoms with Crippen molar-refractivity contribution in [3.05, 3.63) is 34.9 Å². The van der Waals surface area contributed by atoms with Gasteiger partial charge in [-0.1, -0.05) is 53.7 Å². The first kappa shape index (κ1) is 27.7. The second-order valence-electron chi connectivity index (χ2n) is 5.67. The Bertz CT molecular complexity index is 580. The lowest BCUT2D eigenvalue weighted by molar-refractivity contribution is -0.202. The molecule has 1 saturated heterocycles. The van der Waals surface area contributed by atoms with Gasteiger partial charge in [-0.25, -0.2) is 4.99 Å². The molecule has 0 spiro atoms. The lowest BCUT2D eigenvalue weighted by Crippen LogP contribution is -2.28. The topological polar surface area (TPSA) is 68.1 Å². The average molecular weight is 382 g/mol. The fourth-order valence-electron chi connectivity index (χ4n) is 2.04. The van der Waals surface area contributed by atoms with Crippen LogP contribution in [0.4, 0.5) is 0 Å². The van der Waals surface area contributed by atoms with Crippen LogP contribution in [0.25, 0.3) is 0 Å². The molecule has 1 fully saturated rings. The molecule has 1 aliphatic rings. The van der Waals surface area contributed by atoms with Gasteiger partial charge in [0.15, 0.2) is 5.79 Å². The van der Waals surface area contributed by atoms with Crippen LogP contribution >= 0.6 is 0 Å². The van der Waals surface area contributed by atoms with E-state index in [0.717, 1.165) is 11.1 Å². The Morgan fingerprint density at radius 2 is 1.63 bits per heavy atom. The van der Waals surface area contributed by atoms with E-state index in [-0.39, 0.29) is 19.1 Å². The average Bonchev–Trinajstić information content (AvgIpc) is 2.82. The third kappa shape index (κ3) is 9.27. The lowest BCUT2D eigenvalue weighted by atomic mass is 10.0. The van der Waals surface area contributed by atoms with E-state index in [1.54, 1.807) is 19.9 Å². The van der Waals surface area contributed by atoms with Crippen LogP contribution in [0.1, 0.15) is 76.9 Å². The third-order valence-corrected chi connectivity index (χ3v) is 3.62. The molecule has 1 amide bonds. The van der Waals surface area contributed by atoms with E-state index in [9.17, 15) is 9.90 Å². The highest BCUT2D eigenvalue weighted by molar-refractivity contribution is 6.06. The number of aliphatic imine (C=N–C) groups is 1. The van der Waals surface area contributed by atoms with Crippen LogP contribution in [-0.2, 0) is 9.47 Å². The second-order valence-corrected chi connectivity index (χ2v) is 5.67. The van der Waals surface area contributed by atoms with Gasteiger partial charge in [-0.15, -0.1) is 0 Å². The summed E-state index contributed by atoms with van der Waals surface area (Å²) in [5, 5.41) is 10.0. The molecule has 5 nitrogen and oxygen atoms in total. The molecule has 1 aliphatic heterocycles. The van der Waals surface area contributed by atoms with E-state index < -0.39 is 11.9 Å². The van der Waals surface area contributed by atoms with Gasteiger partial charge in [-0.05, 0) is 44.9 Å². The third-order valence-electron chi connectivity index (χ3n) is 3.62. The van der Waals surface area contributed by atoms with Gasteiger partial charge in [-0.3, -0.25) is 4.79 Å². The molecule has 27 heavy (non-hydrogen) atoms. The van der Waals surface area contributed by atoms with Gasteiger partial charge in [0.1, 0.15) is 6.10 Å². The fourth-order valence-corrected chi connectivity index (χ4v) is 2.04. The highest BCUT2D eigenvalue weighted by Gasteiger charge is 2.29. The van der Waals surface area contributed by atoms with Crippen molar-refractivity contribution in [2.75, 3.05) is 13.2 Å². The summed E-state index contributed by atoms with van der Waals surface area (Å²) in [6.45, 7) is 19.5. The minimum Gasteiger partial charge on any atom is -0.385 e. The Morgan fingerprint density at radius 3 is 2.19 bits per heavy atom. The van der Waals surface area contributed by atoms with Crippen LogP contribution in [0.15, 0.2) is 23.2 Å². The summed E-state index contributed by atoms with van der Waals surface area (Å²) in [5.41, 5.74) is 2.77. The van der Waals surface area contributed by atoms with Gasteiger partial charge in [0.2, 0.25) is 0 Å². The van der Waals surface area contributed by atoms with Crippen molar-refractivity contribution in [2.45, 2.75) is 81.1 Å². The second kappa shape index (κ2) is 14.5. The van der Waals surface area contributed by atoms with Crippen molar-refractivity contribution in [1.82, 2.24) is 0 Å². The first-order chi connectivity index (χ1) is 12.8. The molecule has 0 aromatic heterocycles. The van der Waals surface area contributed by atoms with E-state index in [1.165, 1.54) is 0 Å². The summed E-state index contributed by atoms with van der Waals surface area (Å²) in [6, 6.07) is 5.50. The normalized spacial score (nSPS) is 19.2. The van der Waals surface area contributed by atoms with Crippen LogP contribution in [0.3, 0.4) is 0 Å². The molecule has 0 radical (unpaired) electrons. The highest BCUT2D eigenvalue weighted by atomic mass is 16.7. The molecular formula is C22H39NO4. The smallest absolute Gasteiger partial charge is 0.277 e. The molecule has 5 heteroatoms. The zero-order chi connectivity index (χ0) is 21.6. The number of carbonyl (C=O) groups excluding carboxylic acids is 1. The quantitative estimate of drug-likeness (QED) is 0.734. The summed E-state index contributed by atoms with van der Waals surface area (Å²) < 4.78 is 10.9. The van der Waals surface area contributed by atoms with Crippen molar-refractivity contribution in [1.29, 1.82) is 0 Å². The predicted octanol–water partition coefficient (Wildman–Crippen LogP) is 5.11. The zero-order valence-electron chi connectivity index (χ0n) is 18.8. The number of aryl methyl sites for hydroxylation is 1. The molecule has 1 aromatic rings. The highest BCUT2D eigenvalue weighted by Crippen LogP contribution is 2.18. The summed E-state index contributed by atoms with van der Waals surface area (Å²) in [5.74, 6) is -1.16. The van der Waals surface area contributed by atoms with E-state index in [0.29, 0.717) is 11.3 Å². The standard InChI is InChI=1S/C16H21NO4.3C2H6/c1-10-6-5-7-12(11(10)2)15(19)17-13-8-20-16(3,4)21-9-14(13)18;3*1-2/h5-7,14,18H,8-9H2,1-4H3;3*1-2H3/t14-;;;/m0.../s1. The lowest BCUT2D eigenvalue weighted by Gasteiger charge is -2.22. The largest absolute Gasteiger partial charge is 0.385 e. The molecule has 2 rings (SSSR count). The maximum atomic E-state index is 12.3. The minimum absolute atomic E-state index is 0.0614. The van der Waals surface area contributed by atoms with E-state index in [1.807, 2.05) is 67.5 Å². The summed E-state index contributed by atoms with van der Waals surface area (Å²) >= 11 is 0. The van der Waals surface area contributed by atoms with Crippen LogP contribution in [0.2, 0.25) is 0 Å². The maximum Gasteiger partial charge on any atom is 0.277 e. The van der Waals surface area contributed by atoms with Crippen molar-refractivity contribution in [3.63, 3.8) is 0 Å². The molecule has 156 valence electrons. The van der Waals surface area contributed by atoms with Gasteiger partial charge in [0.25, 0.3) is 5.91 Å². The summed E-state index contributed by atoms with van der Waals surface area (Å²) in [4.78, 5) is 16.3. The molecule has 0 aliphatic carbocycles. The van der Waals surface area contributed by atoms with Crippen molar-refractivity contribution in [3.8, 4) is 0 Å². The van der Waals surface area contributed by atoms with Gasteiger partial charge in [0.05, 0.1) is 18.9 Å². The van der Waals surface area contributed by atoms with Gasteiger partial charge >= 0.3 is 0 Å². The fraction of sp³-hybridized carbons (Fsp3) is 0.636. The van der Waals surface area contributed by atoms with Gasteiger partial charge in [-0.2, -0.15) is 0 Å². The minimum atomic E-state index is -0.930. The zero-order valence-corrected chi connectivity index (χ0v) is 18.8. The van der Waals surface area contributed by atoms with E-state index in [2.05, 4.69) is 4.99 Å². The number of ether oxygens (including phenoxy) is 2. The first-order valence-electron chi connectivity index (χ1n) is 9.94. The number of nitrogens with zero attached hydrogens (tertiary/aromatic N) is 1. The number of benzene rings is 1. The SMILES string of the molecule is CC.CC.CC.Cc1cccc(C(=O)N=C2COC(C)(C)OC[C@@H]2O)c1C. The molecule has 0 unspecified atom stereocenters. The molecule has 1 N–H and O–H groups in total. The molecule has 0 bridgehead atoms. The number of aliphatic hydroxyl groups excluding tert-OH is 1. The van der Waals surface area contributed by atoms with E-state index in [4.69, 9.17) is 9.47 Å². The number of carbonyl (C=O) groups is 1. The number of amides is 1. The van der Waals surface area contributed by atoms with Crippen LogP contribution in [-0.4, -0.2) is 41.8 Å². The monoisotopic (exact) mass is 381 g/mol. The Balaban J connectivity index is 0. The maximum absolute atomic E-state index is 12.3. The Kier molecular flexibility index (Phi) is 14.8. The molecule has 1 heterocycles. The van der Waals surface area contributed by atoms with Crippen molar-refractivity contribution >= 4 is 11.6 Å². The summed E-state index contributed by atoms with van der Waals surface area (Å²) in [7, 11) is 0. The number of rotatable bonds is 1. The van der Waals surface area contributed by atoms with Crippen LogP contribution in [0.5, 0.6) is 0 Å². The van der Waals surface area contributed by atoms with Crippen LogP contribution < -0.4 is 0 Å². The van der Waals surface area contributed by atoms with Gasteiger partial charge < -0.3 is 14.6 Å². The number of hydrogen-bond donors (Lipinski definition) is 1. The van der Waals surface area contributed by atoms with Crippen molar-refractivity contribution in [2.24, 2.45) is 4.99 Å². The van der Waals surface area contributed by atoms with Gasteiger partial charge in [0, 0.05) is 5.56 Å². The van der Waals surface area contributed by atoms with Crippen molar-refractivity contribution < 1.29 is 19.4 Å². The number of aliphatic hydroxyl groups is 1. The molecular weight excluding hydrogens is 342 g/mol. The van der Waals surface area contributed by atoms with Crippen LogP contribution in [0, 0.1) is 13.8 Å². The molecule has 1 atom stereocenters. The Labute approximate surface area is 165 Å². The Morgan fingerprint density at radius 1 is 1.07 bits per heavy atom. The summed E-state index contributed by atoms with van der Waals surface area (Å²) in [6.07, 6.45) is -0.930. The Hall–Kier alpha value is -1.56.